The molecule has 0 spiro atoms. The number of rotatable bonds is 8. The summed E-state index contributed by atoms with van der Waals surface area (Å²) in [6.45, 7) is 1.23. The van der Waals surface area contributed by atoms with Gasteiger partial charge in [-0.25, -0.2) is 0 Å². The van der Waals surface area contributed by atoms with Crippen molar-refractivity contribution in [1.29, 1.82) is 0 Å². The van der Waals surface area contributed by atoms with Crippen LogP contribution in [-0.2, 0) is 9.53 Å². The molecule has 0 aromatic heterocycles. The van der Waals surface area contributed by atoms with Crippen molar-refractivity contribution in [2.24, 2.45) is 0 Å². The summed E-state index contributed by atoms with van der Waals surface area (Å²) in [5.74, 6) is -0.166. The third-order valence-corrected chi connectivity index (χ3v) is 3.34. The van der Waals surface area contributed by atoms with Crippen LogP contribution in [0.3, 0.4) is 0 Å². The molecule has 22 heavy (non-hydrogen) atoms. The molecule has 1 aromatic rings. The van der Waals surface area contributed by atoms with Crippen LogP contribution in [0, 0.1) is 0 Å². The zero-order valence-electron chi connectivity index (χ0n) is 12.8. The van der Waals surface area contributed by atoms with E-state index in [1.165, 1.54) is 6.08 Å². The predicted molar refractivity (Wildman–Crippen MR) is 85.5 cm³/mol. The van der Waals surface area contributed by atoms with Gasteiger partial charge in [0.05, 0.1) is 0 Å². The molecule has 1 aliphatic rings. The third-order valence-electron chi connectivity index (χ3n) is 3.34. The fourth-order valence-electron chi connectivity index (χ4n) is 1.90. The van der Waals surface area contributed by atoms with Crippen molar-refractivity contribution in [1.82, 2.24) is 10.6 Å². The van der Waals surface area contributed by atoms with Crippen molar-refractivity contribution >= 4 is 17.9 Å². The summed E-state index contributed by atoms with van der Waals surface area (Å²) in [4.78, 5) is 23.4. The number of hydrogen-bond donors (Lipinski definition) is 2. The first-order valence-electron chi connectivity index (χ1n) is 7.55. The Balaban J connectivity index is 1.78. The van der Waals surface area contributed by atoms with Gasteiger partial charge in [-0.05, 0) is 43.0 Å². The number of hydrogen-bond acceptors (Lipinski definition) is 3. The lowest BCUT2D eigenvalue weighted by Crippen LogP contribution is -2.25. The zero-order valence-corrected chi connectivity index (χ0v) is 12.8. The standard InChI is InChI=1S/C17H22N2O3/c1-22-12-2-11-18-16(20)10-5-13-3-6-14(7-4-13)17(21)19-15-8-9-15/h3-7,10,15H,2,8-9,11-12H2,1H3,(H,18,20)(H,19,21)/b10-5+. The molecule has 5 nitrogen and oxygen atoms in total. The molecule has 2 rings (SSSR count). The zero-order chi connectivity index (χ0) is 15.8. The molecule has 0 radical (unpaired) electrons. The van der Waals surface area contributed by atoms with Gasteiger partial charge in [0.25, 0.3) is 5.91 Å². The molecule has 1 saturated carbocycles. The van der Waals surface area contributed by atoms with E-state index in [2.05, 4.69) is 10.6 Å². The molecule has 1 fully saturated rings. The Labute approximate surface area is 130 Å². The number of benzene rings is 1. The van der Waals surface area contributed by atoms with Crippen LogP contribution in [0.5, 0.6) is 0 Å². The molecule has 5 heteroatoms. The second kappa shape index (κ2) is 8.34. The molecule has 1 aliphatic carbocycles. The van der Waals surface area contributed by atoms with Crippen molar-refractivity contribution in [2.75, 3.05) is 20.3 Å². The van der Waals surface area contributed by atoms with Crippen molar-refractivity contribution in [2.45, 2.75) is 25.3 Å². The molecule has 0 bridgehead atoms. The minimum Gasteiger partial charge on any atom is -0.385 e. The molecule has 2 N–H and O–H groups in total. The van der Waals surface area contributed by atoms with Crippen LogP contribution in [0.4, 0.5) is 0 Å². The quantitative estimate of drug-likeness (QED) is 0.568. The number of amides is 2. The molecule has 118 valence electrons. The molecule has 1 aromatic carbocycles. The Morgan fingerprint density at radius 1 is 1.27 bits per heavy atom. The van der Waals surface area contributed by atoms with Gasteiger partial charge in [-0.3, -0.25) is 9.59 Å². The van der Waals surface area contributed by atoms with E-state index in [1.54, 1.807) is 25.3 Å². The molecule has 0 unspecified atom stereocenters. The van der Waals surface area contributed by atoms with Gasteiger partial charge in [-0.15, -0.1) is 0 Å². The maximum atomic E-state index is 11.8. The van der Waals surface area contributed by atoms with Crippen molar-refractivity contribution in [3.63, 3.8) is 0 Å². The number of methoxy groups -OCH3 is 1. The lowest BCUT2D eigenvalue weighted by molar-refractivity contribution is -0.116. The molecule has 2 amide bonds. The van der Waals surface area contributed by atoms with Gasteiger partial charge < -0.3 is 15.4 Å². The topological polar surface area (TPSA) is 67.4 Å². The van der Waals surface area contributed by atoms with E-state index >= 15 is 0 Å². The van der Waals surface area contributed by atoms with Crippen LogP contribution >= 0.6 is 0 Å². The third kappa shape index (κ3) is 5.69. The van der Waals surface area contributed by atoms with Crippen molar-refractivity contribution in [3.8, 4) is 0 Å². The summed E-state index contributed by atoms with van der Waals surface area (Å²) < 4.78 is 4.91. The molecule has 0 aliphatic heterocycles. The fourth-order valence-corrected chi connectivity index (χ4v) is 1.90. The first kappa shape index (κ1) is 16.2. The maximum Gasteiger partial charge on any atom is 0.251 e. The van der Waals surface area contributed by atoms with Gasteiger partial charge >= 0.3 is 0 Å². The van der Waals surface area contributed by atoms with E-state index in [4.69, 9.17) is 4.74 Å². The highest BCUT2D eigenvalue weighted by Gasteiger charge is 2.23. The Morgan fingerprint density at radius 2 is 2.00 bits per heavy atom. The van der Waals surface area contributed by atoms with Crippen molar-refractivity contribution in [3.05, 3.63) is 41.5 Å². The fraction of sp³-hybridized carbons (Fsp3) is 0.412. The predicted octanol–water partition coefficient (Wildman–Crippen LogP) is 1.74. The smallest absolute Gasteiger partial charge is 0.251 e. The molecule has 0 saturated heterocycles. The summed E-state index contributed by atoms with van der Waals surface area (Å²) in [5.41, 5.74) is 1.53. The SMILES string of the molecule is COCCCNC(=O)/C=C/c1ccc(C(=O)NC2CC2)cc1. The second-order valence-electron chi connectivity index (χ2n) is 5.34. The first-order chi connectivity index (χ1) is 10.7. The second-order valence-corrected chi connectivity index (χ2v) is 5.34. The highest BCUT2D eigenvalue weighted by Crippen LogP contribution is 2.19. The Hall–Kier alpha value is -2.14. The van der Waals surface area contributed by atoms with Gasteiger partial charge in [0.15, 0.2) is 0 Å². The van der Waals surface area contributed by atoms with Crippen molar-refractivity contribution < 1.29 is 14.3 Å². The maximum absolute atomic E-state index is 11.8. The minimum atomic E-state index is -0.133. The van der Waals surface area contributed by atoms with E-state index in [0.717, 1.165) is 24.8 Å². The highest BCUT2D eigenvalue weighted by atomic mass is 16.5. The Morgan fingerprint density at radius 3 is 2.64 bits per heavy atom. The number of ether oxygens (including phenoxy) is 1. The van der Waals surface area contributed by atoms with Gasteiger partial charge in [0.2, 0.25) is 5.91 Å². The van der Waals surface area contributed by atoms with Gasteiger partial charge in [0, 0.05) is 37.9 Å². The number of carbonyl (C=O) groups excluding carboxylic acids is 2. The number of nitrogens with one attached hydrogen (secondary N) is 2. The van der Waals surface area contributed by atoms with Crippen LogP contribution in [0.25, 0.3) is 6.08 Å². The molecular weight excluding hydrogens is 280 g/mol. The molecular formula is C17H22N2O3. The van der Waals surface area contributed by atoms with E-state index in [9.17, 15) is 9.59 Å². The largest absolute Gasteiger partial charge is 0.385 e. The summed E-state index contributed by atoms with van der Waals surface area (Å²) in [7, 11) is 1.64. The van der Waals surface area contributed by atoms with Gasteiger partial charge in [0.1, 0.15) is 0 Å². The van der Waals surface area contributed by atoms with Crippen LogP contribution in [-0.4, -0.2) is 38.1 Å². The Kier molecular flexibility index (Phi) is 6.15. The summed E-state index contributed by atoms with van der Waals surface area (Å²) >= 11 is 0. The lowest BCUT2D eigenvalue weighted by atomic mass is 10.1. The van der Waals surface area contributed by atoms with E-state index in [1.807, 2.05) is 12.1 Å². The van der Waals surface area contributed by atoms with E-state index < -0.39 is 0 Å². The normalized spacial score (nSPS) is 14.0. The average molecular weight is 302 g/mol. The van der Waals surface area contributed by atoms with Gasteiger partial charge in [-0.2, -0.15) is 0 Å². The van der Waals surface area contributed by atoms with Gasteiger partial charge in [-0.1, -0.05) is 12.1 Å². The molecule has 0 atom stereocenters. The van der Waals surface area contributed by atoms with E-state index in [0.29, 0.717) is 24.8 Å². The minimum absolute atomic E-state index is 0.0334. The first-order valence-corrected chi connectivity index (χ1v) is 7.55. The van der Waals surface area contributed by atoms with Crippen LogP contribution in [0.2, 0.25) is 0 Å². The Bertz CT molecular complexity index is 533. The highest BCUT2D eigenvalue weighted by molar-refractivity contribution is 5.95. The summed E-state index contributed by atoms with van der Waals surface area (Å²) in [6.07, 6.45) is 6.17. The summed E-state index contributed by atoms with van der Waals surface area (Å²) in [6, 6.07) is 7.56. The number of carbonyl (C=O) groups is 2. The average Bonchev–Trinajstić information content (AvgIpc) is 3.34. The molecule has 0 heterocycles. The van der Waals surface area contributed by atoms with Crippen LogP contribution < -0.4 is 10.6 Å². The van der Waals surface area contributed by atoms with Crippen LogP contribution in [0.15, 0.2) is 30.3 Å². The van der Waals surface area contributed by atoms with E-state index in [-0.39, 0.29) is 11.8 Å². The summed E-state index contributed by atoms with van der Waals surface area (Å²) in [5, 5.41) is 5.72. The lowest BCUT2D eigenvalue weighted by Gasteiger charge is -2.03. The monoisotopic (exact) mass is 302 g/mol. The van der Waals surface area contributed by atoms with Crippen LogP contribution in [0.1, 0.15) is 35.2 Å².